The summed E-state index contributed by atoms with van der Waals surface area (Å²) < 4.78 is 4.11. The van der Waals surface area contributed by atoms with Gasteiger partial charge in [-0.1, -0.05) is 60.7 Å². The van der Waals surface area contributed by atoms with Crippen LogP contribution in [0.1, 0.15) is 6.92 Å². The minimum absolute atomic E-state index is 0.245. The van der Waals surface area contributed by atoms with E-state index in [-0.39, 0.29) is 5.97 Å². The van der Waals surface area contributed by atoms with Gasteiger partial charge in [0.25, 0.3) is 0 Å². The van der Waals surface area contributed by atoms with Crippen LogP contribution < -0.4 is 0 Å². The third-order valence-electron chi connectivity index (χ3n) is 2.17. The monoisotopic (exact) mass is 228 g/mol. The average Bonchev–Trinajstić information content (AvgIpc) is 2.41. The van der Waals surface area contributed by atoms with Crippen LogP contribution in [0.4, 0.5) is 0 Å². The Bertz CT molecular complexity index is 397. The highest BCUT2D eigenvalue weighted by Gasteiger charge is 1.91. The summed E-state index contributed by atoms with van der Waals surface area (Å²) in [5.41, 5.74) is 2.55. The van der Waals surface area contributed by atoms with Gasteiger partial charge in [-0.3, -0.25) is 4.79 Å². The molecule has 0 saturated carbocycles. The topological polar surface area (TPSA) is 26.3 Å². The molecular formula is C15H16O2. The lowest BCUT2D eigenvalue weighted by Crippen LogP contribution is -1.88. The number of esters is 1. The van der Waals surface area contributed by atoms with Crippen molar-refractivity contribution in [3.8, 4) is 11.1 Å². The van der Waals surface area contributed by atoms with Crippen LogP contribution in [0.3, 0.4) is 0 Å². The lowest BCUT2D eigenvalue weighted by Gasteiger charge is -1.98. The van der Waals surface area contributed by atoms with E-state index < -0.39 is 0 Å². The van der Waals surface area contributed by atoms with Crippen LogP contribution in [-0.4, -0.2) is 13.1 Å². The molecule has 0 heterocycles. The van der Waals surface area contributed by atoms with Crippen LogP contribution in [-0.2, 0) is 9.53 Å². The molecule has 17 heavy (non-hydrogen) atoms. The Kier molecular flexibility index (Phi) is 5.52. The Labute approximate surface area is 102 Å². The quantitative estimate of drug-likeness (QED) is 0.698. The van der Waals surface area contributed by atoms with Crippen molar-refractivity contribution in [1.29, 1.82) is 0 Å². The molecule has 0 radical (unpaired) electrons. The van der Waals surface area contributed by atoms with E-state index in [1.54, 1.807) is 0 Å². The van der Waals surface area contributed by atoms with Gasteiger partial charge in [-0.25, -0.2) is 0 Å². The van der Waals surface area contributed by atoms with Crippen molar-refractivity contribution in [2.75, 3.05) is 7.11 Å². The molecule has 0 spiro atoms. The zero-order valence-corrected chi connectivity index (χ0v) is 10.1. The molecule has 0 aliphatic heterocycles. The molecule has 0 amide bonds. The summed E-state index contributed by atoms with van der Waals surface area (Å²) in [5, 5.41) is 0. The second-order valence-corrected chi connectivity index (χ2v) is 3.43. The van der Waals surface area contributed by atoms with Crippen molar-refractivity contribution < 1.29 is 9.53 Å². The Morgan fingerprint density at radius 1 is 0.824 bits per heavy atom. The van der Waals surface area contributed by atoms with Crippen LogP contribution in [0.25, 0.3) is 11.1 Å². The maximum atomic E-state index is 9.59. The number of hydrogen-bond donors (Lipinski definition) is 0. The number of carbonyl (C=O) groups excluding carboxylic acids is 1. The lowest BCUT2D eigenvalue weighted by molar-refractivity contribution is -0.137. The van der Waals surface area contributed by atoms with E-state index in [9.17, 15) is 4.79 Å². The van der Waals surface area contributed by atoms with Gasteiger partial charge in [0.1, 0.15) is 0 Å². The summed E-state index contributed by atoms with van der Waals surface area (Å²) in [5.74, 6) is -0.245. The summed E-state index contributed by atoms with van der Waals surface area (Å²) >= 11 is 0. The van der Waals surface area contributed by atoms with Gasteiger partial charge in [0, 0.05) is 6.92 Å². The first kappa shape index (κ1) is 13.0. The molecule has 88 valence electrons. The van der Waals surface area contributed by atoms with Gasteiger partial charge in [0.05, 0.1) is 7.11 Å². The van der Waals surface area contributed by atoms with Crippen LogP contribution >= 0.6 is 0 Å². The molecule has 0 N–H and O–H groups in total. The third kappa shape index (κ3) is 4.98. The van der Waals surface area contributed by atoms with Crippen molar-refractivity contribution in [2.24, 2.45) is 0 Å². The van der Waals surface area contributed by atoms with E-state index >= 15 is 0 Å². The van der Waals surface area contributed by atoms with E-state index in [1.807, 2.05) is 12.1 Å². The van der Waals surface area contributed by atoms with Crippen molar-refractivity contribution in [2.45, 2.75) is 6.92 Å². The molecule has 0 atom stereocenters. The molecule has 2 nitrogen and oxygen atoms in total. The fraction of sp³-hybridized carbons (Fsp3) is 0.133. The fourth-order valence-electron chi connectivity index (χ4n) is 1.26. The molecule has 0 fully saturated rings. The lowest BCUT2D eigenvalue weighted by atomic mass is 10.1. The second kappa shape index (κ2) is 7.23. The summed E-state index contributed by atoms with van der Waals surface area (Å²) in [6.07, 6.45) is 0. The minimum atomic E-state index is -0.245. The number of carbonyl (C=O) groups is 1. The number of benzene rings is 2. The molecular weight excluding hydrogens is 212 g/mol. The van der Waals surface area contributed by atoms with E-state index in [0.717, 1.165) is 0 Å². The highest BCUT2D eigenvalue weighted by atomic mass is 16.5. The van der Waals surface area contributed by atoms with Crippen LogP contribution in [0, 0.1) is 0 Å². The van der Waals surface area contributed by atoms with Gasteiger partial charge in [-0.05, 0) is 11.1 Å². The molecule has 0 unspecified atom stereocenters. The molecule has 0 aliphatic rings. The summed E-state index contributed by atoms with van der Waals surface area (Å²) in [6.45, 7) is 1.36. The van der Waals surface area contributed by atoms with Gasteiger partial charge in [0.2, 0.25) is 0 Å². The SMILES string of the molecule is COC(C)=O.c1ccc(-c2ccccc2)cc1. The molecule has 2 heteroatoms. The Balaban J connectivity index is 0.000000249. The van der Waals surface area contributed by atoms with E-state index in [4.69, 9.17) is 0 Å². The zero-order valence-electron chi connectivity index (χ0n) is 10.1. The predicted molar refractivity (Wildman–Crippen MR) is 69.6 cm³/mol. The first-order valence-corrected chi connectivity index (χ1v) is 5.39. The van der Waals surface area contributed by atoms with Crippen LogP contribution in [0.5, 0.6) is 0 Å². The van der Waals surface area contributed by atoms with Crippen molar-refractivity contribution in [1.82, 2.24) is 0 Å². The summed E-state index contributed by atoms with van der Waals surface area (Å²) in [7, 11) is 1.35. The van der Waals surface area contributed by atoms with E-state index in [1.165, 1.54) is 25.2 Å². The molecule has 2 aromatic carbocycles. The number of hydrogen-bond acceptors (Lipinski definition) is 2. The molecule has 2 aromatic rings. The summed E-state index contributed by atoms with van der Waals surface area (Å²) in [4.78, 5) is 9.59. The average molecular weight is 228 g/mol. The maximum absolute atomic E-state index is 9.59. The van der Waals surface area contributed by atoms with Gasteiger partial charge in [-0.2, -0.15) is 0 Å². The first-order valence-electron chi connectivity index (χ1n) is 5.39. The largest absolute Gasteiger partial charge is 0.469 e. The van der Waals surface area contributed by atoms with E-state index in [0.29, 0.717) is 0 Å². The highest BCUT2D eigenvalue weighted by Crippen LogP contribution is 2.17. The third-order valence-corrected chi connectivity index (χ3v) is 2.17. The predicted octanol–water partition coefficient (Wildman–Crippen LogP) is 3.53. The number of ether oxygens (including phenoxy) is 1. The van der Waals surface area contributed by atoms with Crippen molar-refractivity contribution in [3.63, 3.8) is 0 Å². The Morgan fingerprint density at radius 3 is 1.35 bits per heavy atom. The molecule has 2 rings (SSSR count). The number of methoxy groups -OCH3 is 1. The van der Waals surface area contributed by atoms with Gasteiger partial charge >= 0.3 is 5.97 Å². The normalized spacial score (nSPS) is 8.82. The molecule has 0 bridgehead atoms. The fourth-order valence-corrected chi connectivity index (χ4v) is 1.26. The van der Waals surface area contributed by atoms with Gasteiger partial charge in [0.15, 0.2) is 0 Å². The molecule has 0 aromatic heterocycles. The van der Waals surface area contributed by atoms with Crippen LogP contribution in [0.2, 0.25) is 0 Å². The second-order valence-electron chi connectivity index (χ2n) is 3.43. The smallest absolute Gasteiger partial charge is 0.302 e. The molecule has 0 saturated heterocycles. The van der Waals surface area contributed by atoms with Gasteiger partial charge in [-0.15, -0.1) is 0 Å². The highest BCUT2D eigenvalue weighted by molar-refractivity contribution is 5.65. The van der Waals surface area contributed by atoms with Crippen molar-refractivity contribution in [3.05, 3.63) is 60.7 Å². The molecule has 0 aliphatic carbocycles. The van der Waals surface area contributed by atoms with Crippen LogP contribution in [0.15, 0.2) is 60.7 Å². The Hall–Kier alpha value is -2.09. The summed E-state index contributed by atoms with van der Waals surface area (Å²) in [6, 6.07) is 20.8. The standard InChI is InChI=1S/C12H10.C3H6O2/c1-3-7-11(8-4-1)12-9-5-2-6-10-12;1-3(4)5-2/h1-10H;1-2H3. The maximum Gasteiger partial charge on any atom is 0.302 e. The first-order chi connectivity index (χ1) is 8.24. The van der Waals surface area contributed by atoms with E-state index in [2.05, 4.69) is 53.3 Å². The zero-order chi connectivity index (χ0) is 12.5. The Morgan fingerprint density at radius 2 is 1.12 bits per heavy atom. The van der Waals surface area contributed by atoms with Crippen molar-refractivity contribution >= 4 is 5.97 Å². The van der Waals surface area contributed by atoms with Gasteiger partial charge < -0.3 is 4.74 Å². The minimum Gasteiger partial charge on any atom is -0.469 e. The number of rotatable bonds is 1.